The second-order valence-electron chi connectivity index (χ2n) is 7.76. The lowest BCUT2D eigenvalue weighted by Crippen LogP contribution is -2.42. The van der Waals surface area contributed by atoms with Crippen molar-refractivity contribution in [3.63, 3.8) is 0 Å². The molecule has 6 heteroatoms. The first-order valence-electron chi connectivity index (χ1n) is 10.3. The normalized spacial score (nSPS) is 15.8. The minimum Gasteiger partial charge on any atom is -0.454 e. The van der Waals surface area contributed by atoms with Crippen molar-refractivity contribution in [2.45, 2.75) is 44.7 Å². The Morgan fingerprint density at radius 2 is 1.76 bits per heavy atom. The highest BCUT2D eigenvalue weighted by Crippen LogP contribution is 2.33. The lowest BCUT2D eigenvalue weighted by atomic mass is 10.1. The molecule has 1 saturated carbocycles. The first-order valence-corrected chi connectivity index (χ1v) is 10.3. The molecular weight excluding hydrogens is 371 g/mol. The van der Waals surface area contributed by atoms with Gasteiger partial charge in [-0.2, -0.15) is 0 Å². The van der Waals surface area contributed by atoms with Gasteiger partial charge in [0.05, 0.1) is 6.54 Å². The fraction of sp³-hybridized carbons (Fsp3) is 0.435. The van der Waals surface area contributed by atoms with Gasteiger partial charge in [0.2, 0.25) is 12.7 Å². The molecule has 1 heterocycles. The monoisotopic (exact) mass is 398 g/mol. The fourth-order valence-corrected chi connectivity index (χ4v) is 4.10. The second kappa shape index (κ2) is 9.27. The molecule has 1 N–H and O–H groups in total. The lowest BCUT2D eigenvalue weighted by molar-refractivity contribution is -0.122. The van der Waals surface area contributed by atoms with Gasteiger partial charge in [0.25, 0.3) is 0 Å². The van der Waals surface area contributed by atoms with E-state index in [-0.39, 0.29) is 18.5 Å². The average Bonchev–Trinajstić information content (AvgIpc) is 3.40. The van der Waals surface area contributed by atoms with Crippen LogP contribution in [0.25, 0.3) is 0 Å². The Morgan fingerprint density at radius 3 is 2.55 bits per heavy atom. The first-order chi connectivity index (χ1) is 14.2. The van der Waals surface area contributed by atoms with Crippen molar-refractivity contribution in [1.82, 2.24) is 10.2 Å². The number of amides is 1. The molecule has 2 aromatic rings. The summed E-state index contributed by atoms with van der Waals surface area (Å²) in [4.78, 5) is 14.9. The number of nitrogens with one attached hydrogen (secondary N) is 1. The lowest BCUT2D eigenvalue weighted by Gasteiger charge is -2.28. The summed E-state index contributed by atoms with van der Waals surface area (Å²) in [6.45, 7) is 1.91. The molecule has 4 rings (SSSR count). The van der Waals surface area contributed by atoms with E-state index >= 15 is 0 Å². The number of rotatable bonds is 8. The van der Waals surface area contributed by atoms with Crippen LogP contribution < -0.4 is 14.8 Å². The number of carbonyl (C=O) groups is 1. The van der Waals surface area contributed by atoms with Gasteiger partial charge in [0.15, 0.2) is 11.5 Å². The molecule has 1 fully saturated rings. The third kappa shape index (κ3) is 5.26. The van der Waals surface area contributed by atoms with Crippen molar-refractivity contribution in [1.29, 1.82) is 0 Å². The van der Waals surface area contributed by atoms with Gasteiger partial charge < -0.3 is 14.8 Å². The van der Waals surface area contributed by atoms with E-state index in [2.05, 4.69) is 10.2 Å². The van der Waals surface area contributed by atoms with Gasteiger partial charge >= 0.3 is 0 Å². The van der Waals surface area contributed by atoms with Crippen LogP contribution in [-0.2, 0) is 17.8 Å². The number of fused-ring (bicyclic) bond motifs is 1. The molecule has 154 valence electrons. The van der Waals surface area contributed by atoms with Crippen LogP contribution in [-0.4, -0.2) is 36.7 Å². The molecule has 0 atom stereocenters. The Bertz CT molecular complexity index is 835. The van der Waals surface area contributed by atoms with Crippen LogP contribution >= 0.6 is 0 Å². The molecule has 0 spiro atoms. The summed E-state index contributed by atoms with van der Waals surface area (Å²) in [6, 6.07) is 12.8. The summed E-state index contributed by atoms with van der Waals surface area (Å²) in [5.74, 6) is 1.34. The molecule has 1 amide bonds. The molecule has 5 nitrogen and oxygen atoms in total. The summed E-state index contributed by atoms with van der Waals surface area (Å²) in [7, 11) is 0. The van der Waals surface area contributed by atoms with E-state index in [1.54, 1.807) is 12.1 Å². The van der Waals surface area contributed by atoms with E-state index in [0.29, 0.717) is 32.1 Å². The van der Waals surface area contributed by atoms with Gasteiger partial charge in [0.1, 0.15) is 5.82 Å². The zero-order chi connectivity index (χ0) is 20.1. The molecule has 0 bridgehead atoms. The van der Waals surface area contributed by atoms with Gasteiger partial charge in [0, 0.05) is 19.1 Å². The first kappa shape index (κ1) is 19.7. The summed E-state index contributed by atoms with van der Waals surface area (Å²) < 4.78 is 23.9. The Balaban J connectivity index is 1.32. The molecule has 0 saturated heterocycles. The van der Waals surface area contributed by atoms with Crippen LogP contribution in [0.1, 0.15) is 36.8 Å². The molecule has 2 aromatic carbocycles. The van der Waals surface area contributed by atoms with Gasteiger partial charge in [-0.05, 0) is 54.7 Å². The van der Waals surface area contributed by atoms with E-state index in [1.807, 2.05) is 18.2 Å². The Kier molecular flexibility index (Phi) is 6.30. The summed E-state index contributed by atoms with van der Waals surface area (Å²) in [6.07, 6.45) is 5.39. The van der Waals surface area contributed by atoms with Crippen molar-refractivity contribution in [2.75, 3.05) is 19.9 Å². The average molecular weight is 398 g/mol. The highest BCUT2D eigenvalue weighted by atomic mass is 19.1. The third-order valence-corrected chi connectivity index (χ3v) is 5.66. The maximum Gasteiger partial charge on any atom is 0.234 e. The van der Waals surface area contributed by atoms with E-state index in [9.17, 15) is 9.18 Å². The second-order valence-corrected chi connectivity index (χ2v) is 7.76. The highest BCUT2D eigenvalue weighted by molar-refractivity contribution is 5.78. The molecule has 0 aromatic heterocycles. The van der Waals surface area contributed by atoms with Gasteiger partial charge in [-0.15, -0.1) is 0 Å². The van der Waals surface area contributed by atoms with Crippen LogP contribution in [0.3, 0.4) is 0 Å². The number of halogens is 1. The van der Waals surface area contributed by atoms with Gasteiger partial charge in [-0.25, -0.2) is 4.39 Å². The predicted octanol–water partition coefficient (Wildman–Crippen LogP) is 3.66. The minimum absolute atomic E-state index is 0.0276. The van der Waals surface area contributed by atoms with E-state index in [1.165, 1.54) is 25.0 Å². The molecule has 1 aliphatic carbocycles. The van der Waals surface area contributed by atoms with E-state index in [4.69, 9.17) is 9.47 Å². The Labute approximate surface area is 170 Å². The highest BCUT2D eigenvalue weighted by Gasteiger charge is 2.25. The van der Waals surface area contributed by atoms with Crippen LogP contribution in [0, 0.1) is 5.82 Å². The Morgan fingerprint density at radius 1 is 1.03 bits per heavy atom. The van der Waals surface area contributed by atoms with Gasteiger partial charge in [-0.3, -0.25) is 9.69 Å². The fourth-order valence-electron chi connectivity index (χ4n) is 4.10. The number of nitrogens with zero attached hydrogens (tertiary/aromatic N) is 1. The van der Waals surface area contributed by atoms with Crippen molar-refractivity contribution < 1.29 is 18.7 Å². The molecule has 2 aliphatic rings. The zero-order valence-corrected chi connectivity index (χ0v) is 16.5. The molecular formula is C23H27FN2O3. The van der Waals surface area contributed by atoms with Crippen LogP contribution in [0.15, 0.2) is 42.5 Å². The standard InChI is InChI=1S/C23H27FN2O3/c24-19-8-5-17(6-9-19)11-12-25-23(27)15-26(20-3-1-2-4-20)14-18-7-10-21-22(13-18)29-16-28-21/h5-10,13,20H,1-4,11-12,14-16H2,(H,25,27). The maximum absolute atomic E-state index is 13.0. The maximum atomic E-state index is 13.0. The number of carbonyl (C=O) groups excluding carboxylic acids is 1. The number of benzene rings is 2. The molecule has 0 radical (unpaired) electrons. The quantitative estimate of drug-likeness (QED) is 0.737. The third-order valence-electron chi connectivity index (χ3n) is 5.66. The topological polar surface area (TPSA) is 50.8 Å². The van der Waals surface area contributed by atoms with Crippen LogP contribution in [0.4, 0.5) is 4.39 Å². The van der Waals surface area contributed by atoms with Gasteiger partial charge in [-0.1, -0.05) is 31.0 Å². The van der Waals surface area contributed by atoms with Crippen molar-refractivity contribution in [3.8, 4) is 11.5 Å². The van der Waals surface area contributed by atoms with Crippen molar-refractivity contribution >= 4 is 5.91 Å². The minimum atomic E-state index is -0.242. The number of ether oxygens (including phenoxy) is 2. The van der Waals surface area contributed by atoms with Crippen LogP contribution in [0.5, 0.6) is 11.5 Å². The van der Waals surface area contributed by atoms with E-state index in [0.717, 1.165) is 35.5 Å². The molecule has 1 aliphatic heterocycles. The van der Waals surface area contributed by atoms with E-state index < -0.39 is 0 Å². The molecule has 0 unspecified atom stereocenters. The predicted molar refractivity (Wildman–Crippen MR) is 108 cm³/mol. The summed E-state index contributed by atoms with van der Waals surface area (Å²) in [5.41, 5.74) is 2.14. The smallest absolute Gasteiger partial charge is 0.234 e. The van der Waals surface area contributed by atoms with Crippen LogP contribution in [0.2, 0.25) is 0 Å². The molecule has 29 heavy (non-hydrogen) atoms. The summed E-state index contributed by atoms with van der Waals surface area (Å²) in [5, 5.41) is 3.01. The summed E-state index contributed by atoms with van der Waals surface area (Å²) >= 11 is 0. The SMILES string of the molecule is O=C(CN(Cc1ccc2c(c1)OCO2)C1CCCC1)NCCc1ccc(F)cc1. The number of hydrogen-bond donors (Lipinski definition) is 1. The zero-order valence-electron chi connectivity index (χ0n) is 16.5. The van der Waals surface area contributed by atoms with Crippen molar-refractivity contribution in [3.05, 3.63) is 59.4 Å². The number of hydrogen-bond acceptors (Lipinski definition) is 4. The van der Waals surface area contributed by atoms with Crippen molar-refractivity contribution in [2.24, 2.45) is 0 Å². The largest absolute Gasteiger partial charge is 0.454 e. The Hall–Kier alpha value is -2.60.